The molecule has 0 aromatic heterocycles. The minimum absolute atomic E-state index is 0.148. The molecule has 3 atom stereocenters. The maximum absolute atomic E-state index is 12.1. The fraction of sp³-hybridized carbons (Fsp3) is 0.467. The van der Waals surface area contributed by atoms with Crippen LogP contribution in [0.1, 0.15) is 18.4 Å². The third-order valence-corrected chi connectivity index (χ3v) is 3.70. The lowest BCUT2D eigenvalue weighted by Gasteiger charge is -2.15. The lowest BCUT2D eigenvalue weighted by Crippen LogP contribution is -2.27. The zero-order valence-corrected chi connectivity index (χ0v) is 11.7. The molecular formula is C15H18O6. The molecule has 1 saturated carbocycles. The van der Waals surface area contributed by atoms with E-state index in [2.05, 4.69) is 9.62 Å². The fourth-order valence-electron chi connectivity index (χ4n) is 2.59. The topological polar surface area (TPSA) is 82.1 Å². The molecule has 0 amide bonds. The largest absolute Gasteiger partial charge is 0.469 e. The molecule has 6 heteroatoms. The smallest absolute Gasteiger partial charge is 0.310 e. The molecule has 0 aliphatic heterocycles. The summed E-state index contributed by atoms with van der Waals surface area (Å²) < 4.78 is 9.93. The number of ether oxygens (including phenoxy) is 2. The van der Waals surface area contributed by atoms with E-state index in [-0.39, 0.29) is 19.4 Å². The first-order valence-corrected chi connectivity index (χ1v) is 6.74. The van der Waals surface area contributed by atoms with Crippen molar-refractivity contribution in [1.29, 1.82) is 0 Å². The number of carbonyl (C=O) groups excluding carboxylic acids is 2. The number of carbonyl (C=O) groups is 2. The molecule has 1 fully saturated rings. The van der Waals surface area contributed by atoms with Gasteiger partial charge in [0, 0.05) is 0 Å². The maximum Gasteiger partial charge on any atom is 0.310 e. The van der Waals surface area contributed by atoms with Gasteiger partial charge in [0.05, 0.1) is 25.0 Å². The van der Waals surface area contributed by atoms with Crippen LogP contribution in [0.15, 0.2) is 30.3 Å². The van der Waals surface area contributed by atoms with Crippen LogP contribution in [0, 0.1) is 11.8 Å². The molecule has 0 heterocycles. The predicted molar refractivity (Wildman–Crippen MR) is 72.0 cm³/mol. The molecule has 1 aliphatic carbocycles. The molecule has 1 aromatic rings. The monoisotopic (exact) mass is 294 g/mol. The van der Waals surface area contributed by atoms with Crippen molar-refractivity contribution in [1.82, 2.24) is 0 Å². The van der Waals surface area contributed by atoms with Crippen LogP contribution in [0.2, 0.25) is 0 Å². The molecule has 2 rings (SSSR count). The zero-order valence-electron chi connectivity index (χ0n) is 11.7. The highest BCUT2D eigenvalue weighted by Crippen LogP contribution is 2.35. The second-order valence-electron chi connectivity index (χ2n) is 5.03. The first-order chi connectivity index (χ1) is 10.2. The standard InChI is InChI=1S/C15H18O6/c1-19-14(16)12-7-11(21-18)8-13(12)15(17)20-9-10-5-3-2-4-6-10/h2-6,11-13,18H,7-9H2,1H3/t11-,12+,13+/m0/s1. The predicted octanol–water partition coefficient (Wildman–Crippen LogP) is 1.79. The Balaban J connectivity index is 1.97. The van der Waals surface area contributed by atoms with Crippen molar-refractivity contribution in [2.24, 2.45) is 11.8 Å². The van der Waals surface area contributed by atoms with Crippen LogP contribution in [0.5, 0.6) is 0 Å². The first-order valence-electron chi connectivity index (χ1n) is 6.74. The van der Waals surface area contributed by atoms with Crippen LogP contribution in [0.4, 0.5) is 0 Å². The normalized spacial score (nSPS) is 24.6. The number of hydrogen-bond donors (Lipinski definition) is 1. The number of esters is 2. The van der Waals surface area contributed by atoms with Gasteiger partial charge in [-0.05, 0) is 18.4 Å². The van der Waals surface area contributed by atoms with Gasteiger partial charge in [-0.1, -0.05) is 30.3 Å². The van der Waals surface area contributed by atoms with E-state index in [1.807, 2.05) is 30.3 Å². The number of hydrogen-bond acceptors (Lipinski definition) is 6. The Morgan fingerprint density at radius 2 is 1.76 bits per heavy atom. The highest BCUT2D eigenvalue weighted by Gasteiger charge is 2.45. The van der Waals surface area contributed by atoms with Gasteiger partial charge in [0.2, 0.25) is 0 Å². The summed E-state index contributed by atoms with van der Waals surface area (Å²) in [4.78, 5) is 28.1. The molecule has 114 valence electrons. The maximum atomic E-state index is 12.1. The third-order valence-electron chi connectivity index (χ3n) is 3.70. The Labute approximate surface area is 122 Å². The van der Waals surface area contributed by atoms with Gasteiger partial charge in [0.15, 0.2) is 0 Å². The van der Waals surface area contributed by atoms with Crippen molar-refractivity contribution in [2.75, 3.05) is 7.11 Å². The summed E-state index contributed by atoms with van der Waals surface area (Å²) in [6.45, 7) is 0.148. The second-order valence-corrected chi connectivity index (χ2v) is 5.03. The van der Waals surface area contributed by atoms with E-state index in [0.29, 0.717) is 0 Å². The van der Waals surface area contributed by atoms with Crippen molar-refractivity contribution in [2.45, 2.75) is 25.6 Å². The molecule has 6 nitrogen and oxygen atoms in total. The highest BCUT2D eigenvalue weighted by molar-refractivity contribution is 5.82. The van der Waals surface area contributed by atoms with E-state index < -0.39 is 29.9 Å². The highest BCUT2D eigenvalue weighted by atomic mass is 17.1. The van der Waals surface area contributed by atoms with Gasteiger partial charge >= 0.3 is 11.9 Å². The quantitative estimate of drug-likeness (QED) is 0.506. The van der Waals surface area contributed by atoms with Gasteiger partial charge in [0.1, 0.15) is 6.61 Å². The van der Waals surface area contributed by atoms with E-state index in [1.54, 1.807) is 0 Å². The summed E-state index contributed by atoms with van der Waals surface area (Å²) in [6.07, 6.45) is -0.0681. The van der Waals surface area contributed by atoms with Crippen molar-refractivity contribution in [3.63, 3.8) is 0 Å². The minimum Gasteiger partial charge on any atom is -0.469 e. The molecule has 0 unspecified atom stereocenters. The minimum atomic E-state index is -0.654. The summed E-state index contributed by atoms with van der Waals surface area (Å²) >= 11 is 0. The fourth-order valence-corrected chi connectivity index (χ4v) is 2.59. The number of rotatable bonds is 5. The van der Waals surface area contributed by atoms with E-state index in [9.17, 15) is 9.59 Å². The summed E-state index contributed by atoms with van der Waals surface area (Å²) in [6, 6.07) is 9.27. The Morgan fingerprint density at radius 3 is 2.33 bits per heavy atom. The SMILES string of the molecule is COC(=O)[C@@H]1C[C@H](OO)C[C@H]1C(=O)OCc1ccccc1. The lowest BCUT2D eigenvalue weighted by molar-refractivity contribution is -0.277. The molecule has 0 bridgehead atoms. The molecule has 1 aliphatic rings. The van der Waals surface area contributed by atoms with Gasteiger partial charge < -0.3 is 9.47 Å². The molecule has 1 aromatic carbocycles. The van der Waals surface area contributed by atoms with Crippen LogP contribution in [-0.2, 0) is 30.6 Å². The summed E-state index contributed by atoms with van der Waals surface area (Å²) in [5, 5.41) is 8.74. The molecule has 0 radical (unpaired) electrons. The third kappa shape index (κ3) is 3.80. The average molecular weight is 294 g/mol. The van der Waals surface area contributed by atoms with Gasteiger partial charge in [-0.25, -0.2) is 4.89 Å². The van der Waals surface area contributed by atoms with E-state index >= 15 is 0 Å². The van der Waals surface area contributed by atoms with Crippen LogP contribution < -0.4 is 0 Å². The van der Waals surface area contributed by atoms with Gasteiger partial charge in [-0.2, -0.15) is 0 Å². The van der Waals surface area contributed by atoms with Crippen molar-refractivity contribution >= 4 is 11.9 Å². The lowest BCUT2D eigenvalue weighted by atomic mass is 9.96. The molecular weight excluding hydrogens is 276 g/mol. The van der Waals surface area contributed by atoms with Crippen molar-refractivity contribution < 1.29 is 29.2 Å². The molecule has 0 spiro atoms. The van der Waals surface area contributed by atoms with Gasteiger partial charge in [-0.15, -0.1) is 0 Å². The number of methoxy groups -OCH3 is 1. The van der Waals surface area contributed by atoms with Crippen molar-refractivity contribution in [3.8, 4) is 0 Å². The Hall–Kier alpha value is -1.92. The van der Waals surface area contributed by atoms with Crippen LogP contribution in [-0.4, -0.2) is 30.4 Å². The molecule has 0 saturated heterocycles. The molecule has 1 N–H and O–H groups in total. The molecule has 21 heavy (non-hydrogen) atoms. The summed E-state index contributed by atoms with van der Waals surface area (Å²) in [5.74, 6) is -2.27. The summed E-state index contributed by atoms with van der Waals surface area (Å²) in [7, 11) is 1.27. The van der Waals surface area contributed by atoms with E-state index in [0.717, 1.165) is 5.56 Å². The van der Waals surface area contributed by atoms with Crippen LogP contribution >= 0.6 is 0 Å². The van der Waals surface area contributed by atoms with E-state index in [1.165, 1.54) is 7.11 Å². The van der Waals surface area contributed by atoms with Gasteiger partial charge in [0.25, 0.3) is 0 Å². The van der Waals surface area contributed by atoms with Crippen LogP contribution in [0.3, 0.4) is 0 Å². The Bertz CT molecular complexity index is 486. The van der Waals surface area contributed by atoms with Gasteiger partial charge in [-0.3, -0.25) is 14.8 Å². The first kappa shape index (κ1) is 15.5. The van der Waals surface area contributed by atoms with Crippen LogP contribution in [0.25, 0.3) is 0 Å². The van der Waals surface area contributed by atoms with Crippen molar-refractivity contribution in [3.05, 3.63) is 35.9 Å². The zero-order chi connectivity index (χ0) is 15.2. The Kier molecular flexibility index (Phi) is 5.30. The van der Waals surface area contributed by atoms with E-state index in [4.69, 9.17) is 9.99 Å². The average Bonchev–Trinajstić information content (AvgIpc) is 2.97. The Morgan fingerprint density at radius 1 is 1.14 bits per heavy atom. The summed E-state index contributed by atoms with van der Waals surface area (Å²) in [5.41, 5.74) is 0.869. The second kappa shape index (κ2) is 7.19. The number of benzene rings is 1.